The van der Waals surface area contributed by atoms with Crippen molar-refractivity contribution in [3.8, 4) is 5.75 Å². The maximum atomic E-state index is 14.2. The molecular weight excluding hydrogens is 274 g/mol. The third-order valence-corrected chi connectivity index (χ3v) is 4.04. The predicted molar refractivity (Wildman–Crippen MR) is 79.5 cm³/mol. The Morgan fingerprint density at radius 1 is 1.10 bits per heavy atom. The molecule has 1 aliphatic heterocycles. The molecule has 0 amide bonds. The maximum Gasteiger partial charge on any atom is 0.497 e. The second-order valence-electron chi connectivity index (χ2n) is 6.11. The van der Waals surface area contributed by atoms with Crippen LogP contribution in [0.3, 0.4) is 0 Å². The van der Waals surface area contributed by atoms with Gasteiger partial charge in [-0.2, -0.15) is 0 Å². The Morgan fingerprint density at radius 2 is 1.71 bits per heavy atom. The maximum absolute atomic E-state index is 14.2. The van der Waals surface area contributed by atoms with Crippen LogP contribution in [0, 0.1) is 5.82 Å². The molecule has 0 bridgehead atoms. The average molecular weight is 296 g/mol. The van der Waals surface area contributed by atoms with Crippen molar-refractivity contribution in [1.29, 1.82) is 0 Å². The van der Waals surface area contributed by atoms with E-state index in [4.69, 9.17) is 18.8 Å². The SMILES string of the molecule is COCCOc1ccc(B2OC(C)(C)C(C)(C)O2)c(F)c1. The molecule has 0 unspecified atom stereocenters. The van der Waals surface area contributed by atoms with Gasteiger partial charge in [0.25, 0.3) is 0 Å². The van der Waals surface area contributed by atoms with E-state index in [2.05, 4.69) is 0 Å². The third kappa shape index (κ3) is 3.39. The van der Waals surface area contributed by atoms with E-state index in [1.54, 1.807) is 19.2 Å². The Bertz CT molecular complexity index is 488. The largest absolute Gasteiger partial charge is 0.497 e. The number of benzene rings is 1. The number of rotatable bonds is 5. The first-order valence-corrected chi connectivity index (χ1v) is 7.04. The number of hydrogen-bond acceptors (Lipinski definition) is 4. The van der Waals surface area contributed by atoms with Crippen LogP contribution in [0.5, 0.6) is 5.75 Å². The van der Waals surface area contributed by atoms with Gasteiger partial charge in [0.1, 0.15) is 18.2 Å². The van der Waals surface area contributed by atoms with Crippen molar-refractivity contribution in [2.24, 2.45) is 0 Å². The van der Waals surface area contributed by atoms with Gasteiger partial charge in [0.2, 0.25) is 0 Å². The summed E-state index contributed by atoms with van der Waals surface area (Å²) in [5.74, 6) is 0.0632. The van der Waals surface area contributed by atoms with E-state index in [-0.39, 0.29) is 0 Å². The molecule has 0 saturated carbocycles. The van der Waals surface area contributed by atoms with E-state index >= 15 is 0 Å². The molecule has 0 aliphatic carbocycles. The molecule has 0 atom stereocenters. The van der Waals surface area contributed by atoms with Crippen molar-refractivity contribution in [3.05, 3.63) is 24.0 Å². The van der Waals surface area contributed by atoms with Gasteiger partial charge in [0, 0.05) is 18.6 Å². The monoisotopic (exact) mass is 296 g/mol. The first-order chi connectivity index (χ1) is 9.77. The summed E-state index contributed by atoms with van der Waals surface area (Å²) in [7, 11) is 0.883. The van der Waals surface area contributed by atoms with Gasteiger partial charge in [0.15, 0.2) is 0 Å². The third-order valence-electron chi connectivity index (χ3n) is 4.04. The summed E-state index contributed by atoms with van der Waals surface area (Å²) in [5, 5.41) is 0. The average Bonchev–Trinajstić information content (AvgIpc) is 2.58. The van der Waals surface area contributed by atoms with Gasteiger partial charge in [-0.1, -0.05) is 6.07 Å². The van der Waals surface area contributed by atoms with E-state index in [1.807, 2.05) is 27.7 Å². The number of ether oxygens (including phenoxy) is 2. The minimum atomic E-state index is -0.706. The van der Waals surface area contributed by atoms with Crippen LogP contribution in [0.2, 0.25) is 0 Å². The molecule has 2 rings (SSSR count). The zero-order chi connectivity index (χ0) is 15.7. The summed E-state index contributed by atoms with van der Waals surface area (Å²) in [6.07, 6.45) is 0. The lowest BCUT2D eigenvalue weighted by atomic mass is 9.78. The zero-order valence-corrected chi connectivity index (χ0v) is 13.2. The highest BCUT2D eigenvalue weighted by molar-refractivity contribution is 6.62. The van der Waals surface area contributed by atoms with Crippen LogP contribution in [0.15, 0.2) is 18.2 Å². The molecule has 0 spiro atoms. The van der Waals surface area contributed by atoms with E-state index in [9.17, 15) is 4.39 Å². The second kappa shape index (κ2) is 5.95. The molecule has 0 N–H and O–H groups in total. The van der Waals surface area contributed by atoms with E-state index in [0.717, 1.165) is 0 Å². The molecule has 1 aromatic rings. The van der Waals surface area contributed by atoms with Crippen LogP contribution in [0.4, 0.5) is 4.39 Å². The van der Waals surface area contributed by atoms with E-state index in [0.29, 0.717) is 24.4 Å². The highest BCUT2D eigenvalue weighted by atomic mass is 19.1. The van der Waals surface area contributed by atoms with Gasteiger partial charge in [0.05, 0.1) is 17.8 Å². The summed E-state index contributed by atoms with van der Waals surface area (Å²) >= 11 is 0. The van der Waals surface area contributed by atoms with E-state index < -0.39 is 24.1 Å². The minimum Gasteiger partial charge on any atom is -0.491 e. The van der Waals surface area contributed by atoms with Gasteiger partial charge in [-0.05, 0) is 33.8 Å². The van der Waals surface area contributed by atoms with Crippen LogP contribution in [0.1, 0.15) is 27.7 Å². The molecule has 116 valence electrons. The number of halogens is 1. The zero-order valence-electron chi connectivity index (χ0n) is 13.2. The topological polar surface area (TPSA) is 36.9 Å². The standard InChI is InChI=1S/C15H22BFO4/c1-14(2)15(3,4)21-16(20-14)12-7-6-11(10-13(12)17)19-9-8-18-5/h6-7,10H,8-9H2,1-5H3. The first-order valence-electron chi connectivity index (χ1n) is 7.04. The van der Waals surface area contributed by atoms with E-state index in [1.165, 1.54) is 6.07 Å². The minimum absolute atomic E-state index is 0.381. The van der Waals surface area contributed by atoms with Gasteiger partial charge < -0.3 is 18.8 Å². The summed E-state index contributed by atoms with van der Waals surface area (Å²) in [4.78, 5) is 0. The summed E-state index contributed by atoms with van der Waals surface area (Å²) in [6, 6.07) is 4.69. The Kier molecular flexibility index (Phi) is 4.61. The van der Waals surface area contributed by atoms with Crippen molar-refractivity contribution in [3.63, 3.8) is 0 Å². The molecule has 0 radical (unpaired) electrons. The van der Waals surface area contributed by atoms with Crippen molar-refractivity contribution in [1.82, 2.24) is 0 Å². The second-order valence-corrected chi connectivity index (χ2v) is 6.11. The lowest BCUT2D eigenvalue weighted by Gasteiger charge is -2.32. The molecule has 6 heteroatoms. The quantitative estimate of drug-likeness (QED) is 0.616. The lowest BCUT2D eigenvalue weighted by Crippen LogP contribution is -2.41. The highest BCUT2D eigenvalue weighted by Gasteiger charge is 2.52. The van der Waals surface area contributed by atoms with Crippen molar-refractivity contribution in [2.45, 2.75) is 38.9 Å². The van der Waals surface area contributed by atoms with Gasteiger partial charge in [-0.15, -0.1) is 0 Å². The van der Waals surface area contributed by atoms with Gasteiger partial charge >= 0.3 is 7.12 Å². The Hall–Kier alpha value is -1.11. The van der Waals surface area contributed by atoms with Crippen molar-refractivity contribution in [2.75, 3.05) is 20.3 Å². The normalized spacial score (nSPS) is 19.8. The Morgan fingerprint density at radius 3 is 2.24 bits per heavy atom. The fourth-order valence-corrected chi connectivity index (χ4v) is 2.00. The number of methoxy groups -OCH3 is 1. The molecule has 0 aromatic heterocycles. The lowest BCUT2D eigenvalue weighted by molar-refractivity contribution is 0.00578. The van der Waals surface area contributed by atoms with Crippen LogP contribution < -0.4 is 10.2 Å². The molecule has 1 aliphatic rings. The molecule has 1 heterocycles. The molecular formula is C15H22BFO4. The van der Waals surface area contributed by atoms with Crippen LogP contribution >= 0.6 is 0 Å². The first kappa shape index (κ1) is 16.3. The smallest absolute Gasteiger partial charge is 0.491 e. The summed E-state index contributed by atoms with van der Waals surface area (Å²) in [5.41, 5.74) is -0.595. The van der Waals surface area contributed by atoms with Crippen molar-refractivity contribution < 1.29 is 23.2 Å². The molecule has 1 aromatic carbocycles. The molecule has 1 fully saturated rings. The molecule has 21 heavy (non-hydrogen) atoms. The van der Waals surface area contributed by atoms with Crippen LogP contribution in [0.25, 0.3) is 0 Å². The number of hydrogen-bond donors (Lipinski definition) is 0. The summed E-state index contributed by atoms with van der Waals surface area (Å²) in [6.45, 7) is 8.59. The Labute approximate surface area is 125 Å². The fraction of sp³-hybridized carbons (Fsp3) is 0.600. The van der Waals surface area contributed by atoms with Gasteiger partial charge in [-0.25, -0.2) is 4.39 Å². The van der Waals surface area contributed by atoms with Crippen LogP contribution in [-0.4, -0.2) is 38.6 Å². The fourth-order valence-electron chi connectivity index (χ4n) is 2.00. The predicted octanol–water partition coefficient (Wildman–Crippen LogP) is 2.15. The van der Waals surface area contributed by atoms with Crippen molar-refractivity contribution >= 4 is 12.6 Å². The van der Waals surface area contributed by atoms with Gasteiger partial charge in [-0.3, -0.25) is 0 Å². The molecule has 4 nitrogen and oxygen atoms in total. The molecule has 1 saturated heterocycles. The van der Waals surface area contributed by atoms with Crippen LogP contribution in [-0.2, 0) is 14.0 Å². The summed E-state index contributed by atoms with van der Waals surface area (Å²) < 4.78 is 36.2. The Balaban J connectivity index is 2.12. The highest BCUT2D eigenvalue weighted by Crippen LogP contribution is 2.36.